The molecule has 1 aliphatic carbocycles. The minimum absolute atomic E-state index is 0.00812. The first-order valence-electron chi connectivity index (χ1n) is 13.6. The van der Waals surface area contributed by atoms with Gasteiger partial charge in [0.2, 0.25) is 5.91 Å². The zero-order valence-electron chi connectivity index (χ0n) is 21.1. The van der Waals surface area contributed by atoms with Crippen molar-refractivity contribution in [2.45, 2.75) is 76.4 Å². The number of benzene rings is 1. The summed E-state index contributed by atoms with van der Waals surface area (Å²) in [6, 6.07) is 10.3. The van der Waals surface area contributed by atoms with Crippen LogP contribution in [-0.2, 0) is 16.1 Å². The Labute approximate surface area is 208 Å². The van der Waals surface area contributed by atoms with Crippen LogP contribution in [0.5, 0.6) is 0 Å². The monoisotopic (exact) mass is 480 g/mol. The number of para-hydroxylation sites is 1. The topological polar surface area (TPSA) is 66.8 Å². The summed E-state index contributed by atoms with van der Waals surface area (Å²) in [5.41, 5.74) is 0.793. The molecular weight excluding hydrogens is 440 g/mol. The van der Waals surface area contributed by atoms with Gasteiger partial charge in [0.15, 0.2) is 0 Å². The van der Waals surface area contributed by atoms with Gasteiger partial charge >= 0.3 is 0 Å². The highest BCUT2D eigenvalue weighted by Crippen LogP contribution is 2.33. The summed E-state index contributed by atoms with van der Waals surface area (Å²) in [5, 5.41) is 4.43. The number of ether oxygens (including phenoxy) is 1. The number of nitrogens with one attached hydrogen (secondary N) is 1. The van der Waals surface area contributed by atoms with Gasteiger partial charge in [-0.2, -0.15) is 0 Å². The second-order valence-electron chi connectivity index (χ2n) is 10.7. The maximum atomic E-state index is 13.9. The Morgan fingerprint density at radius 3 is 2.54 bits per heavy atom. The Hall–Kier alpha value is -2.38. The van der Waals surface area contributed by atoms with Crippen molar-refractivity contribution in [3.8, 4) is 0 Å². The molecule has 1 saturated heterocycles. The molecule has 0 radical (unpaired) electrons. The van der Waals surface area contributed by atoms with E-state index < -0.39 is 5.54 Å². The number of amides is 2. The molecule has 0 bridgehead atoms. The third-order valence-corrected chi connectivity index (χ3v) is 8.23. The van der Waals surface area contributed by atoms with E-state index in [4.69, 9.17) is 4.74 Å². The molecule has 1 saturated carbocycles. The Morgan fingerprint density at radius 2 is 1.77 bits per heavy atom. The van der Waals surface area contributed by atoms with Crippen LogP contribution in [0.25, 0.3) is 10.9 Å². The van der Waals surface area contributed by atoms with Crippen LogP contribution in [-0.4, -0.2) is 77.2 Å². The molecule has 3 aliphatic rings. The van der Waals surface area contributed by atoms with Gasteiger partial charge in [-0.1, -0.05) is 50.3 Å². The second-order valence-corrected chi connectivity index (χ2v) is 10.7. The van der Waals surface area contributed by atoms with Crippen LogP contribution in [0.3, 0.4) is 0 Å². The van der Waals surface area contributed by atoms with Crippen LogP contribution in [0.15, 0.2) is 30.3 Å². The van der Waals surface area contributed by atoms with Gasteiger partial charge < -0.3 is 19.5 Å². The molecule has 2 amide bonds. The van der Waals surface area contributed by atoms with Crippen molar-refractivity contribution in [3.63, 3.8) is 0 Å². The number of nitrogens with zero attached hydrogens (tertiary/aromatic N) is 3. The van der Waals surface area contributed by atoms with E-state index in [-0.39, 0.29) is 17.9 Å². The van der Waals surface area contributed by atoms with Gasteiger partial charge in [-0.25, -0.2) is 0 Å². The van der Waals surface area contributed by atoms with Crippen LogP contribution in [0.4, 0.5) is 0 Å². The van der Waals surface area contributed by atoms with E-state index in [2.05, 4.69) is 14.8 Å². The zero-order chi connectivity index (χ0) is 24.3. The van der Waals surface area contributed by atoms with Crippen molar-refractivity contribution in [2.75, 3.05) is 39.4 Å². The molecule has 3 heterocycles. The third-order valence-electron chi connectivity index (χ3n) is 8.23. The number of hydrogen-bond donors (Lipinski definition) is 1. The number of carbonyl (C=O) groups excluding carboxylic acids is 2. The van der Waals surface area contributed by atoms with E-state index in [1.54, 1.807) is 0 Å². The Morgan fingerprint density at radius 1 is 1.06 bits per heavy atom. The number of morpholine rings is 1. The van der Waals surface area contributed by atoms with E-state index in [0.29, 0.717) is 18.8 Å². The molecule has 190 valence electrons. The zero-order valence-corrected chi connectivity index (χ0v) is 21.1. The lowest BCUT2D eigenvalue weighted by Gasteiger charge is -2.45. The number of rotatable bonds is 6. The number of carbonyl (C=O) groups is 2. The van der Waals surface area contributed by atoms with Gasteiger partial charge in [0, 0.05) is 43.1 Å². The molecule has 0 spiro atoms. The average molecular weight is 481 g/mol. The van der Waals surface area contributed by atoms with Crippen LogP contribution in [0.2, 0.25) is 0 Å². The van der Waals surface area contributed by atoms with Gasteiger partial charge in [0.1, 0.15) is 11.2 Å². The summed E-state index contributed by atoms with van der Waals surface area (Å²) in [4.78, 5) is 32.1. The molecule has 2 fully saturated rings. The number of hydrogen-bond acceptors (Lipinski definition) is 4. The smallest absolute Gasteiger partial charge is 0.271 e. The summed E-state index contributed by atoms with van der Waals surface area (Å²) in [6.07, 6.45) is 9.02. The van der Waals surface area contributed by atoms with Gasteiger partial charge in [-0.3, -0.25) is 14.5 Å². The van der Waals surface area contributed by atoms with Crippen molar-refractivity contribution in [3.05, 3.63) is 36.0 Å². The maximum Gasteiger partial charge on any atom is 0.271 e. The van der Waals surface area contributed by atoms with Crippen LogP contribution < -0.4 is 5.32 Å². The Kier molecular flexibility index (Phi) is 7.44. The van der Waals surface area contributed by atoms with Crippen molar-refractivity contribution in [1.82, 2.24) is 19.7 Å². The van der Waals surface area contributed by atoms with Crippen molar-refractivity contribution in [2.24, 2.45) is 0 Å². The minimum Gasteiger partial charge on any atom is -0.379 e. The van der Waals surface area contributed by atoms with Gasteiger partial charge in [-0.15, -0.1) is 0 Å². The summed E-state index contributed by atoms with van der Waals surface area (Å²) < 4.78 is 7.54. The van der Waals surface area contributed by atoms with Crippen molar-refractivity contribution in [1.29, 1.82) is 0 Å². The van der Waals surface area contributed by atoms with E-state index in [9.17, 15) is 9.59 Å². The van der Waals surface area contributed by atoms with Crippen LogP contribution >= 0.6 is 0 Å². The predicted octanol–water partition coefficient (Wildman–Crippen LogP) is 3.81. The summed E-state index contributed by atoms with van der Waals surface area (Å²) >= 11 is 0. The molecule has 1 unspecified atom stereocenters. The fourth-order valence-electron chi connectivity index (χ4n) is 6.07. The molecule has 7 nitrogen and oxygen atoms in total. The fraction of sp³-hybridized carbons (Fsp3) is 0.643. The van der Waals surface area contributed by atoms with Crippen molar-refractivity contribution >= 4 is 22.7 Å². The van der Waals surface area contributed by atoms with E-state index in [1.165, 1.54) is 19.3 Å². The van der Waals surface area contributed by atoms with Crippen LogP contribution in [0.1, 0.15) is 68.8 Å². The van der Waals surface area contributed by atoms with Crippen LogP contribution in [0, 0.1) is 0 Å². The first-order valence-corrected chi connectivity index (χ1v) is 13.6. The van der Waals surface area contributed by atoms with E-state index in [0.717, 1.165) is 75.9 Å². The first kappa shape index (κ1) is 24.3. The molecule has 5 rings (SSSR count). The predicted molar refractivity (Wildman–Crippen MR) is 138 cm³/mol. The minimum atomic E-state index is -0.917. The SMILES string of the molecule is CC1(C(=O)NC2CCCCCCC2)Cn2c(cc3ccccc32)C(=O)N1CCCN1CCOCC1. The van der Waals surface area contributed by atoms with Gasteiger partial charge in [0.25, 0.3) is 5.91 Å². The summed E-state index contributed by atoms with van der Waals surface area (Å²) in [6.45, 7) is 7.34. The largest absolute Gasteiger partial charge is 0.379 e. The molecule has 35 heavy (non-hydrogen) atoms. The molecule has 1 aromatic carbocycles. The highest BCUT2D eigenvalue weighted by Gasteiger charge is 2.47. The van der Waals surface area contributed by atoms with Gasteiger partial charge in [-0.05, 0) is 38.3 Å². The van der Waals surface area contributed by atoms with Crippen molar-refractivity contribution < 1.29 is 14.3 Å². The lowest BCUT2D eigenvalue weighted by molar-refractivity contribution is -0.133. The average Bonchev–Trinajstić information content (AvgIpc) is 3.22. The van der Waals surface area contributed by atoms with Gasteiger partial charge in [0.05, 0.1) is 19.8 Å². The molecular formula is C28H40N4O3. The first-order chi connectivity index (χ1) is 17.1. The highest BCUT2D eigenvalue weighted by atomic mass is 16.5. The molecule has 7 heteroatoms. The maximum absolute atomic E-state index is 13.9. The molecule has 2 aliphatic heterocycles. The lowest BCUT2D eigenvalue weighted by atomic mass is 9.92. The Bertz CT molecular complexity index is 1040. The standard InChI is InChI=1S/C28H40N4O3/c1-28(27(34)29-23-11-5-3-2-4-6-12-23)21-31-24-13-8-7-10-22(24)20-25(31)26(33)32(28)15-9-14-30-16-18-35-19-17-30/h7-8,10,13,20,23H,2-6,9,11-12,14-19,21H2,1H3,(H,29,34). The molecule has 1 N–H and O–H groups in total. The number of aromatic nitrogens is 1. The third kappa shape index (κ3) is 5.12. The van der Waals surface area contributed by atoms with E-state index >= 15 is 0 Å². The second kappa shape index (κ2) is 10.7. The number of fused-ring (bicyclic) bond motifs is 3. The lowest BCUT2D eigenvalue weighted by Crippen LogP contribution is -2.65. The Balaban J connectivity index is 1.39. The normalized spacial score (nSPS) is 24.7. The van der Waals surface area contributed by atoms with E-state index in [1.807, 2.05) is 42.2 Å². The highest BCUT2D eigenvalue weighted by molar-refractivity contribution is 6.03. The quantitative estimate of drug-likeness (QED) is 0.683. The molecule has 2 aromatic rings. The molecule has 1 atom stereocenters. The summed E-state index contributed by atoms with van der Waals surface area (Å²) in [7, 11) is 0. The fourth-order valence-corrected chi connectivity index (χ4v) is 6.07. The summed E-state index contributed by atoms with van der Waals surface area (Å²) in [5.74, 6) is -0.0454. The molecule has 1 aromatic heterocycles.